The number of halogens is 1. The van der Waals surface area contributed by atoms with Crippen molar-refractivity contribution >= 4 is 34.0 Å². The van der Waals surface area contributed by atoms with E-state index >= 15 is 0 Å². The summed E-state index contributed by atoms with van der Waals surface area (Å²) in [7, 11) is 1.98. The lowest BCUT2D eigenvalue weighted by atomic mass is 10.2. The van der Waals surface area contributed by atoms with E-state index in [9.17, 15) is 19.3 Å². The maximum Gasteiger partial charge on any atom is 0.270 e. The molecule has 1 aromatic heterocycles. The summed E-state index contributed by atoms with van der Waals surface area (Å²) in [5.41, 5.74) is 3.44. The Kier molecular flexibility index (Phi) is 6.82. The Morgan fingerprint density at radius 3 is 2.54 bits per heavy atom. The van der Waals surface area contributed by atoms with Crippen molar-refractivity contribution in [2.45, 2.75) is 6.42 Å². The van der Waals surface area contributed by atoms with Crippen LogP contribution < -0.4 is 10.2 Å². The van der Waals surface area contributed by atoms with Gasteiger partial charge in [0.05, 0.1) is 16.0 Å². The Balaban J connectivity index is 1.20. The number of amides is 1. The number of hydrogen-bond acceptors (Lipinski definition) is 6. The molecule has 4 aromatic rings. The molecule has 1 aliphatic rings. The maximum absolute atomic E-state index is 13.2. The molecule has 1 saturated heterocycles. The van der Waals surface area contributed by atoms with Gasteiger partial charge in [-0.1, -0.05) is 6.07 Å². The minimum absolute atomic E-state index is 0.130. The van der Waals surface area contributed by atoms with Crippen molar-refractivity contribution in [3.05, 3.63) is 94.0 Å². The van der Waals surface area contributed by atoms with E-state index < -0.39 is 10.8 Å². The number of fused-ring (bicyclic) bond motifs is 1. The number of aryl methyl sites for hydroxylation is 1. The van der Waals surface area contributed by atoms with Crippen molar-refractivity contribution < 1.29 is 14.1 Å². The van der Waals surface area contributed by atoms with Crippen LogP contribution in [0, 0.1) is 15.9 Å². The lowest BCUT2D eigenvalue weighted by Crippen LogP contribution is -2.47. The largest absolute Gasteiger partial charge is 0.369 e. The number of aromatic nitrogens is 2. The van der Waals surface area contributed by atoms with Gasteiger partial charge < -0.3 is 14.8 Å². The summed E-state index contributed by atoms with van der Waals surface area (Å²) in [6, 6.07) is 17.8. The van der Waals surface area contributed by atoms with Crippen molar-refractivity contribution in [2.24, 2.45) is 7.05 Å². The fraction of sp³-hybridized carbons (Fsp3) is 0.259. The zero-order chi connectivity index (χ0) is 25.9. The van der Waals surface area contributed by atoms with Gasteiger partial charge in [0.1, 0.15) is 11.6 Å². The summed E-state index contributed by atoms with van der Waals surface area (Å²) < 4.78 is 15.3. The van der Waals surface area contributed by atoms with Crippen LogP contribution >= 0.6 is 0 Å². The zero-order valence-corrected chi connectivity index (χ0v) is 20.4. The zero-order valence-electron chi connectivity index (χ0n) is 20.4. The molecule has 1 fully saturated rings. The first-order valence-electron chi connectivity index (χ1n) is 12.1. The SMILES string of the molecule is Cn1c(CCN2CCN(c3ccc(F)cc3)CC2)nc2cc(NC(=O)c3cccc([N+](=O)[O-])c3)ccc21. The first kappa shape index (κ1) is 24.4. The van der Waals surface area contributed by atoms with Crippen LogP contribution in [0.4, 0.5) is 21.5 Å². The molecule has 1 amide bonds. The van der Waals surface area contributed by atoms with Gasteiger partial charge in [0.15, 0.2) is 0 Å². The summed E-state index contributed by atoms with van der Waals surface area (Å²) >= 11 is 0. The molecule has 0 radical (unpaired) electrons. The van der Waals surface area contributed by atoms with Crippen LogP contribution in [0.5, 0.6) is 0 Å². The number of nitro benzene ring substituents is 1. The van der Waals surface area contributed by atoms with Gasteiger partial charge in [0, 0.05) is 75.3 Å². The van der Waals surface area contributed by atoms with Crippen LogP contribution in [0.15, 0.2) is 66.7 Å². The molecular formula is C27H27FN6O3. The van der Waals surface area contributed by atoms with Crippen molar-refractivity contribution in [3.8, 4) is 0 Å². The third-order valence-corrected chi connectivity index (χ3v) is 6.77. The number of rotatable bonds is 7. The lowest BCUT2D eigenvalue weighted by Gasteiger charge is -2.36. The highest BCUT2D eigenvalue weighted by molar-refractivity contribution is 6.05. The highest BCUT2D eigenvalue weighted by Gasteiger charge is 2.18. The molecule has 0 saturated carbocycles. The summed E-state index contributed by atoms with van der Waals surface area (Å²) in [5, 5.41) is 13.8. The van der Waals surface area contributed by atoms with Crippen LogP contribution in [-0.4, -0.2) is 58.0 Å². The second-order valence-electron chi connectivity index (χ2n) is 9.11. The number of anilines is 2. The number of hydrogen-bond donors (Lipinski definition) is 1. The Morgan fingerprint density at radius 2 is 1.81 bits per heavy atom. The van der Waals surface area contributed by atoms with Crippen LogP contribution in [0.25, 0.3) is 11.0 Å². The lowest BCUT2D eigenvalue weighted by molar-refractivity contribution is -0.384. The average Bonchev–Trinajstić information content (AvgIpc) is 3.22. The molecule has 0 spiro atoms. The van der Waals surface area contributed by atoms with Gasteiger partial charge in [0.25, 0.3) is 11.6 Å². The van der Waals surface area contributed by atoms with E-state index in [4.69, 9.17) is 4.98 Å². The number of nitrogens with one attached hydrogen (secondary N) is 1. The highest BCUT2D eigenvalue weighted by atomic mass is 19.1. The van der Waals surface area contributed by atoms with E-state index in [1.165, 1.54) is 30.3 Å². The number of non-ortho nitro benzene ring substituents is 1. The molecule has 0 bridgehead atoms. The van der Waals surface area contributed by atoms with E-state index in [1.807, 2.05) is 31.3 Å². The smallest absolute Gasteiger partial charge is 0.270 e. The molecule has 10 heteroatoms. The number of piperazine rings is 1. The van der Waals surface area contributed by atoms with E-state index in [-0.39, 0.29) is 17.1 Å². The second-order valence-corrected chi connectivity index (χ2v) is 9.11. The van der Waals surface area contributed by atoms with Gasteiger partial charge in [0.2, 0.25) is 0 Å². The van der Waals surface area contributed by atoms with Gasteiger partial charge in [-0.05, 0) is 48.5 Å². The quantitative estimate of drug-likeness (QED) is 0.300. The first-order chi connectivity index (χ1) is 17.9. The van der Waals surface area contributed by atoms with Crippen molar-refractivity contribution in [1.82, 2.24) is 14.5 Å². The average molecular weight is 503 g/mol. The van der Waals surface area contributed by atoms with Crippen molar-refractivity contribution in [3.63, 3.8) is 0 Å². The number of carbonyl (C=O) groups is 1. The molecule has 37 heavy (non-hydrogen) atoms. The van der Waals surface area contributed by atoms with E-state index in [0.717, 1.165) is 61.7 Å². The fourth-order valence-corrected chi connectivity index (χ4v) is 4.65. The molecule has 0 aliphatic carbocycles. The third-order valence-electron chi connectivity index (χ3n) is 6.77. The second kappa shape index (κ2) is 10.4. The molecule has 1 N–H and O–H groups in total. The predicted octanol–water partition coefficient (Wildman–Crippen LogP) is 4.24. The summed E-state index contributed by atoms with van der Waals surface area (Å²) in [4.78, 5) is 32.6. The Morgan fingerprint density at radius 1 is 1.05 bits per heavy atom. The molecule has 0 unspecified atom stereocenters. The van der Waals surface area contributed by atoms with Crippen LogP contribution in [0.2, 0.25) is 0 Å². The normalized spacial score (nSPS) is 14.2. The molecule has 0 atom stereocenters. The summed E-state index contributed by atoms with van der Waals surface area (Å²) in [6.07, 6.45) is 0.789. The van der Waals surface area contributed by atoms with E-state index in [2.05, 4.69) is 19.7 Å². The number of benzene rings is 3. The van der Waals surface area contributed by atoms with Gasteiger partial charge >= 0.3 is 0 Å². The minimum Gasteiger partial charge on any atom is -0.369 e. The predicted molar refractivity (Wildman–Crippen MR) is 141 cm³/mol. The van der Waals surface area contributed by atoms with Crippen LogP contribution in [0.3, 0.4) is 0 Å². The minimum atomic E-state index is -0.524. The Bertz CT molecular complexity index is 1440. The van der Waals surface area contributed by atoms with Gasteiger partial charge in [-0.15, -0.1) is 0 Å². The summed E-state index contributed by atoms with van der Waals surface area (Å²) in [6.45, 7) is 4.51. The van der Waals surface area contributed by atoms with E-state index in [0.29, 0.717) is 5.69 Å². The number of imidazole rings is 1. The molecule has 3 aromatic carbocycles. The molecule has 190 valence electrons. The van der Waals surface area contributed by atoms with E-state index in [1.54, 1.807) is 12.1 Å². The van der Waals surface area contributed by atoms with Crippen molar-refractivity contribution in [1.29, 1.82) is 0 Å². The van der Waals surface area contributed by atoms with Gasteiger partial charge in [-0.3, -0.25) is 19.8 Å². The fourth-order valence-electron chi connectivity index (χ4n) is 4.65. The monoisotopic (exact) mass is 502 g/mol. The Hall–Kier alpha value is -4.31. The first-order valence-corrected chi connectivity index (χ1v) is 12.1. The Labute approximate surface area is 213 Å². The number of nitro groups is 1. The van der Waals surface area contributed by atoms with Gasteiger partial charge in [-0.2, -0.15) is 0 Å². The molecular weight excluding hydrogens is 475 g/mol. The maximum atomic E-state index is 13.2. The van der Waals surface area contributed by atoms with Crippen LogP contribution in [0.1, 0.15) is 16.2 Å². The third kappa shape index (κ3) is 5.44. The molecule has 9 nitrogen and oxygen atoms in total. The summed E-state index contributed by atoms with van der Waals surface area (Å²) in [5.74, 6) is 0.318. The van der Waals surface area contributed by atoms with Crippen molar-refractivity contribution in [2.75, 3.05) is 42.9 Å². The van der Waals surface area contributed by atoms with Crippen LogP contribution in [-0.2, 0) is 13.5 Å². The topological polar surface area (TPSA) is 96.5 Å². The highest BCUT2D eigenvalue weighted by Crippen LogP contribution is 2.22. The molecule has 2 heterocycles. The van der Waals surface area contributed by atoms with Gasteiger partial charge in [-0.25, -0.2) is 9.37 Å². The molecule has 5 rings (SSSR count). The standard InChI is InChI=1S/C27H27FN6O3/c1-31-25-10-7-21(29-27(35)19-3-2-4-23(17-19)34(36)37)18-24(25)30-26(31)11-12-32-13-15-33(16-14-32)22-8-5-20(28)6-9-22/h2-10,17-18H,11-16H2,1H3,(H,29,35). The number of nitrogens with zero attached hydrogens (tertiary/aromatic N) is 5. The number of carbonyl (C=O) groups excluding carboxylic acids is 1. The molecule has 1 aliphatic heterocycles.